The normalized spacial score (nSPS) is 47.5. The van der Waals surface area contributed by atoms with Crippen molar-refractivity contribution in [2.45, 2.75) is 198 Å². The monoisotopic (exact) mass is 1170 g/mol. The number of aliphatic carboxylic acids is 1. The summed E-state index contributed by atoms with van der Waals surface area (Å²) in [7, 11) is -5.51. The van der Waals surface area contributed by atoms with E-state index in [1.807, 2.05) is 0 Å². The van der Waals surface area contributed by atoms with E-state index in [2.05, 4.69) is 15.2 Å². The van der Waals surface area contributed by atoms with Crippen molar-refractivity contribution in [3.63, 3.8) is 0 Å². The third-order valence-corrected chi connectivity index (χ3v) is 13.9. The lowest BCUT2D eigenvalue weighted by molar-refractivity contribution is -0.383. The second kappa shape index (κ2) is 27.2. The third-order valence-electron chi connectivity index (χ3n) is 13.4. The molecule has 0 aromatic heterocycles. The summed E-state index contributed by atoms with van der Waals surface area (Å²) in [5.74, 6) is -3.78. The number of carbonyl (C=O) groups is 3. The summed E-state index contributed by atoms with van der Waals surface area (Å²) in [6.45, 7) is -3.69. The summed E-state index contributed by atoms with van der Waals surface area (Å²) in [6, 6.07) is -3.92. The summed E-state index contributed by atoms with van der Waals surface area (Å²) in [5.41, 5.74) is 0. The number of phosphoric ester groups is 1. The molecule has 0 bridgehead atoms. The minimum Gasteiger partial charge on any atom is -0.479 e. The molecule has 6 rings (SSSR count). The fourth-order valence-electron chi connectivity index (χ4n) is 9.46. The van der Waals surface area contributed by atoms with Crippen LogP contribution in [0, 0.1) is 0 Å². The first-order valence-electron chi connectivity index (χ1n) is 23.8. The van der Waals surface area contributed by atoms with Crippen molar-refractivity contribution in [1.82, 2.24) is 10.6 Å². The van der Waals surface area contributed by atoms with Crippen molar-refractivity contribution in [2.75, 3.05) is 33.0 Å². The van der Waals surface area contributed by atoms with E-state index in [-0.39, 0.29) is 0 Å². The van der Waals surface area contributed by atoms with E-state index in [1.54, 1.807) is 0 Å². The number of amides is 2. The number of ether oxygens (including phenoxy) is 11. The zero-order valence-electron chi connectivity index (χ0n) is 40.8. The molecule has 6 aliphatic heterocycles. The van der Waals surface area contributed by atoms with Crippen LogP contribution in [0.1, 0.15) is 13.8 Å². The Labute approximate surface area is 439 Å². The van der Waals surface area contributed by atoms with Crippen molar-refractivity contribution in [3.8, 4) is 0 Å². The molecular formula is C40H67N2O35P. The number of aliphatic hydroxyl groups is 16. The van der Waals surface area contributed by atoms with Crippen LogP contribution in [0.25, 0.3) is 0 Å². The van der Waals surface area contributed by atoms with Crippen LogP contribution in [0.4, 0.5) is 0 Å². The Hall–Kier alpha value is -2.56. The molecule has 0 radical (unpaired) electrons. The Morgan fingerprint density at radius 3 is 1.31 bits per heavy atom. The third kappa shape index (κ3) is 14.4. The highest BCUT2D eigenvalue weighted by atomic mass is 31.2. The largest absolute Gasteiger partial charge is 0.479 e. The first kappa shape index (κ1) is 64.6. The van der Waals surface area contributed by atoms with Gasteiger partial charge in [0.1, 0.15) is 140 Å². The number of carboxylic acids is 1. The molecule has 78 heavy (non-hydrogen) atoms. The van der Waals surface area contributed by atoms with Gasteiger partial charge in [-0.1, -0.05) is 0 Å². The Balaban J connectivity index is 1.30. The quantitative estimate of drug-likeness (QED) is 0.0503. The molecule has 452 valence electrons. The maximum Gasteiger partial charge on any atom is 0.469 e. The van der Waals surface area contributed by atoms with Crippen molar-refractivity contribution in [2.24, 2.45) is 0 Å². The summed E-state index contributed by atoms with van der Waals surface area (Å²) < 4.78 is 78.9. The Kier molecular flexibility index (Phi) is 22.5. The van der Waals surface area contributed by atoms with Gasteiger partial charge in [-0.25, -0.2) is 9.36 Å². The average molecular weight is 1170 g/mol. The number of carboxylic acid groups (broad SMARTS) is 1. The maximum atomic E-state index is 12.9. The molecule has 0 aliphatic carbocycles. The lowest BCUT2D eigenvalue weighted by Crippen LogP contribution is -2.71. The number of rotatable bonds is 20. The highest BCUT2D eigenvalue weighted by Crippen LogP contribution is 2.40. The Bertz CT molecular complexity index is 2010. The number of hydrogen-bond donors (Lipinski definition) is 21. The van der Waals surface area contributed by atoms with Crippen LogP contribution in [0.2, 0.25) is 0 Å². The second-order valence-electron chi connectivity index (χ2n) is 18.9. The van der Waals surface area contributed by atoms with Gasteiger partial charge in [0.2, 0.25) is 11.8 Å². The van der Waals surface area contributed by atoms with Crippen LogP contribution in [0.3, 0.4) is 0 Å². The average Bonchev–Trinajstić information content (AvgIpc) is 3.42. The Morgan fingerprint density at radius 2 is 0.821 bits per heavy atom. The molecule has 0 aromatic rings. The fourth-order valence-corrected chi connectivity index (χ4v) is 9.80. The molecule has 6 aliphatic rings. The zero-order valence-corrected chi connectivity index (χ0v) is 41.7. The predicted molar refractivity (Wildman–Crippen MR) is 234 cm³/mol. The number of nitrogens with one attached hydrogen (secondary N) is 2. The van der Waals surface area contributed by atoms with Gasteiger partial charge >= 0.3 is 13.8 Å². The molecule has 30 atom stereocenters. The summed E-state index contributed by atoms with van der Waals surface area (Å²) in [6.07, 6.45) is -58.4. The van der Waals surface area contributed by atoms with E-state index < -0.39 is 243 Å². The van der Waals surface area contributed by atoms with Gasteiger partial charge in [0.25, 0.3) is 0 Å². The Morgan fingerprint density at radius 1 is 0.423 bits per heavy atom. The van der Waals surface area contributed by atoms with Gasteiger partial charge < -0.3 is 159 Å². The molecule has 6 fully saturated rings. The lowest BCUT2D eigenvalue weighted by atomic mass is 9.93. The number of carbonyl (C=O) groups excluding carboxylic acids is 2. The van der Waals surface area contributed by atoms with Crippen molar-refractivity contribution < 1.29 is 172 Å². The van der Waals surface area contributed by atoms with E-state index in [4.69, 9.17) is 52.1 Å². The van der Waals surface area contributed by atoms with Gasteiger partial charge in [-0.05, 0) is 0 Å². The summed E-state index contributed by atoms with van der Waals surface area (Å²) in [5, 5.41) is 186. The molecule has 6 heterocycles. The standard InChI is InChI=1S/C40H67N2O35P/c1-8(47)41-15-20(52)29(14(7-66-78(63,64)65)71-36(15)75-31-18(50)11(4-44)69-39(26(31)58)73-28-13(6-46)67-35(62)24(56)23(28)55)72-37-16(42-9(2)48)30(17(49)10(3-43)68-37)74-40-27(59)32(19(51)12(5-45)70-40)76-38-25(57)21(53)22(54)33(77-38)34(60)61/h10-33,35-40,43-46,49-59,62H,3-7H2,1-2H3,(H,41,47)(H,42,48)(H,60,61)(H2,63,64,65)/t10-,11-,12-,13-,14-,15-,16-,17+,18-,19+,20-,21+,22+,23-,24-,25-,26+,27-,28-,29-,30-,31+,32+,33+,35-,36+,37+,38-,39+,40+/m1/s1. The first-order valence-corrected chi connectivity index (χ1v) is 25.4. The first-order chi connectivity index (χ1) is 36.6. The van der Waals surface area contributed by atoms with Crippen molar-refractivity contribution in [1.29, 1.82) is 0 Å². The summed E-state index contributed by atoms with van der Waals surface area (Å²) >= 11 is 0. The van der Waals surface area contributed by atoms with Crippen LogP contribution < -0.4 is 10.6 Å². The van der Waals surface area contributed by atoms with E-state index >= 15 is 0 Å². The molecule has 37 nitrogen and oxygen atoms in total. The summed E-state index contributed by atoms with van der Waals surface area (Å²) in [4.78, 5) is 56.9. The topological polar surface area (TPSA) is 587 Å². The molecule has 38 heteroatoms. The van der Waals surface area contributed by atoms with E-state index in [1.165, 1.54) is 0 Å². The molecule has 2 amide bonds. The number of hydrogen-bond acceptors (Lipinski definition) is 32. The molecule has 0 unspecified atom stereocenters. The minimum atomic E-state index is -5.51. The predicted octanol–water partition coefficient (Wildman–Crippen LogP) is -13.6. The molecule has 0 aromatic carbocycles. The van der Waals surface area contributed by atoms with Crippen LogP contribution >= 0.6 is 7.82 Å². The zero-order chi connectivity index (χ0) is 58.0. The second-order valence-corrected chi connectivity index (χ2v) is 20.1. The smallest absolute Gasteiger partial charge is 0.469 e. The fraction of sp³-hybridized carbons (Fsp3) is 0.925. The van der Waals surface area contributed by atoms with Gasteiger partial charge in [0.05, 0.1) is 33.0 Å². The SMILES string of the molecule is CC(=O)N[C@H]1[C@H](O[C@@H]2[C@H](O)[C@H](O[C@H]3[C@H](O)[C@@H](O)[C@H](O)O[C@@H]3CO)O[C@H](CO)[C@H]2O)O[C@H](COP(=O)(O)O)[C@@H](O[C@@H]2O[C@H](CO)[C@H](O)[C@H](O[C@@H]3O[C@H](CO)[C@H](O)[C@H](O[C@@H]4O[C@H](C(=O)O)[C@@H](O)[C@H](O)[C@H]4O)[C@H]3O)[C@H]2NC(C)=O)[C@@H]1O. The van der Waals surface area contributed by atoms with Crippen molar-refractivity contribution >= 4 is 25.6 Å². The maximum absolute atomic E-state index is 12.9. The van der Waals surface area contributed by atoms with Crippen LogP contribution in [-0.2, 0) is 75.6 Å². The lowest BCUT2D eigenvalue weighted by Gasteiger charge is -2.51. The van der Waals surface area contributed by atoms with Gasteiger partial charge in [0.15, 0.2) is 43.8 Å². The van der Waals surface area contributed by atoms with Crippen LogP contribution in [0.15, 0.2) is 0 Å². The van der Waals surface area contributed by atoms with E-state index in [0.29, 0.717) is 0 Å². The van der Waals surface area contributed by atoms with Gasteiger partial charge in [-0.3, -0.25) is 14.1 Å². The highest BCUT2D eigenvalue weighted by molar-refractivity contribution is 7.46. The van der Waals surface area contributed by atoms with E-state index in [0.717, 1.165) is 13.8 Å². The van der Waals surface area contributed by atoms with Crippen molar-refractivity contribution in [3.05, 3.63) is 0 Å². The number of phosphoric acid groups is 1. The van der Waals surface area contributed by atoms with Crippen LogP contribution in [-0.4, -0.2) is 332 Å². The van der Waals surface area contributed by atoms with E-state index in [9.17, 15) is 116 Å². The van der Waals surface area contributed by atoms with Gasteiger partial charge in [-0.2, -0.15) is 0 Å². The highest BCUT2D eigenvalue weighted by Gasteiger charge is 2.59. The molecule has 0 saturated carbocycles. The van der Waals surface area contributed by atoms with Crippen LogP contribution in [0.5, 0.6) is 0 Å². The van der Waals surface area contributed by atoms with Gasteiger partial charge in [-0.15, -0.1) is 0 Å². The molecule has 21 N–H and O–H groups in total. The molecular weight excluding hydrogens is 1100 g/mol. The molecule has 6 saturated heterocycles. The number of aliphatic hydroxyl groups excluding tert-OH is 16. The minimum absolute atomic E-state index is 0.918. The van der Waals surface area contributed by atoms with Gasteiger partial charge in [0, 0.05) is 13.8 Å². The molecule has 0 spiro atoms.